The molecule has 7 heteroatoms. The van der Waals surface area contributed by atoms with E-state index in [9.17, 15) is 0 Å². The molecule has 11 aromatic rings. The molecule has 61 heavy (non-hydrogen) atoms. The second kappa shape index (κ2) is 15.4. The zero-order valence-electron chi connectivity index (χ0n) is 42.1. The Hall–Kier alpha value is -8.42. The normalized spacial score (nSPS) is 13.6. The van der Waals surface area contributed by atoms with E-state index in [0.29, 0.717) is 27.9 Å². The molecule has 0 spiro atoms. The van der Waals surface area contributed by atoms with E-state index in [1.54, 1.807) is 30.3 Å². The lowest BCUT2D eigenvalue weighted by atomic mass is 10.0. The van der Waals surface area contributed by atoms with Crippen molar-refractivity contribution in [2.45, 2.75) is 0 Å². The van der Waals surface area contributed by atoms with Crippen LogP contribution >= 0.6 is 0 Å². The third-order valence-corrected chi connectivity index (χ3v) is 10.3. The van der Waals surface area contributed by atoms with Crippen LogP contribution < -0.4 is 0 Å². The first-order valence-electron chi connectivity index (χ1n) is 24.4. The minimum Gasteiger partial charge on any atom is -0.308 e. The number of hydrogen-bond donors (Lipinski definition) is 0. The van der Waals surface area contributed by atoms with Gasteiger partial charge in [0, 0.05) is 44.2 Å². The molecule has 3 heterocycles. The maximum absolute atomic E-state index is 8.99. The predicted octanol–water partition coefficient (Wildman–Crippen LogP) is 12.8. The maximum atomic E-state index is 8.99. The number of hydrogen-bond acceptors (Lipinski definition) is 6. The highest BCUT2D eigenvalue weighted by Crippen LogP contribution is 2.39. The molecule has 0 radical (unpaired) electrons. The highest BCUT2D eigenvalue weighted by atomic mass is 15.1. The van der Waals surface area contributed by atoms with Crippen LogP contribution in [0.5, 0.6) is 0 Å². The van der Waals surface area contributed by atoms with Gasteiger partial charge in [-0.2, -0.15) is 0 Å². The Kier molecular flexibility index (Phi) is 6.70. The summed E-state index contributed by atoms with van der Waals surface area (Å²) in [5.41, 5.74) is 5.78. The van der Waals surface area contributed by atoms with E-state index in [4.69, 9.17) is 43.6 Å². The van der Waals surface area contributed by atoms with Gasteiger partial charge in [0.25, 0.3) is 0 Å². The van der Waals surface area contributed by atoms with Gasteiger partial charge in [-0.05, 0) is 41.5 Å². The Balaban J connectivity index is 1.25. The molecular formula is C54H35N7. The van der Waals surface area contributed by atoms with Crippen molar-refractivity contribution in [1.82, 2.24) is 34.5 Å². The van der Waals surface area contributed by atoms with Crippen molar-refractivity contribution >= 4 is 21.8 Å². The smallest absolute Gasteiger partial charge is 0.166 e. The van der Waals surface area contributed by atoms with Gasteiger partial charge in [-0.25, -0.2) is 29.9 Å². The minimum absolute atomic E-state index is 0.0749. The first-order chi connectivity index (χ1) is 34.4. The first-order valence-corrected chi connectivity index (χ1v) is 19.4. The Labute approximate surface area is 366 Å². The quantitative estimate of drug-likeness (QED) is 0.152. The van der Waals surface area contributed by atoms with E-state index in [-0.39, 0.29) is 46.1 Å². The number of aromatic nitrogens is 7. The van der Waals surface area contributed by atoms with Gasteiger partial charge in [-0.1, -0.05) is 182 Å². The Morgan fingerprint density at radius 1 is 0.311 bits per heavy atom. The fourth-order valence-corrected chi connectivity index (χ4v) is 7.47. The van der Waals surface area contributed by atoms with Gasteiger partial charge < -0.3 is 4.57 Å². The molecule has 0 saturated heterocycles. The summed E-state index contributed by atoms with van der Waals surface area (Å²) in [5, 5.41) is 1.93. The molecule has 0 aliphatic carbocycles. The number of para-hydroxylation sites is 1. The van der Waals surface area contributed by atoms with Gasteiger partial charge in [-0.3, -0.25) is 0 Å². The summed E-state index contributed by atoms with van der Waals surface area (Å²) in [6, 6.07) is 42.6. The van der Waals surface area contributed by atoms with Crippen molar-refractivity contribution in [3.05, 3.63) is 212 Å². The maximum Gasteiger partial charge on any atom is 0.166 e. The van der Waals surface area contributed by atoms with Crippen LogP contribution in [0, 0.1) is 0 Å². The highest BCUT2D eigenvalue weighted by Gasteiger charge is 2.22. The first kappa shape index (κ1) is 26.6. The molecule has 0 amide bonds. The summed E-state index contributed by atoms with van der Waals surface area (Å²) in [6.07, 6.45) is 0. The second-order valence-electron chi connectivity index (χ2n) is 14.0. The molecule has 8 aromatic carbocycles. The summed E-state index contributed by atoms with van der Waals surface area (Å²) in [5.74, 6) is 0.190. The van der Waals surface area contributed by atoms with Crippen molar-refractivity contribution in [3.63, 3.8) is 0 Å². The summed E-state index contributed by atoms with van der Waals surface area (Å²) in [7, 11) is 0. The predicted molar refractivity (Wildman–Crippen MR) is 246 cm³/mol. The van der Waals surface area contributed by atoms with Crippen LogP contribution in [0.1, 0.15) is 13.7 Å². The molecule has 0 fully saturated rings. The lowest BCUT2D eigenvalue weighted by Gasteiger charge is -2.16. The molecule has 0 aliphatic heterocycles. The van der Waals surface area contributed by atoms with E-state index < -0.39 is 60.4 Å². The number of fused-ring (bicyclic) bond motifs is 3. The standard InChI is InChI=1S/C54H35N7/c1-6-18-36(19-7-1)41-30-32-44-43-28-16-17-29-46(43)61(48(44)35-41)47-33-31-42(53-57-49(37-20-8-2-9-21-37)55-50(58-53)38-22-10-3-11-23-38)34-45(47)54-59-51(39-24-12-4-13-25-39)56-52(60-54)40-26-14-5-15-27-40/h1-35H/i2D,4D,8D,9D,12D,13D,20D,21D,24D,25D. The van der Waals surface area contributed by atoms with Gasteiger partial charge in [0.1, 0.15) is 0 Å². The topological polar surface area (TPSA) is 82.3 Å². The van der Waals surface area contributed by atoms with Crippen molar-refractivity contribution in [2.24, 2.45) is 0 Å². The third kappa shape index (κ3) is 6.80. The van der Waals surface area contributed by atoms with E-state index in [0.717, 1.165) is 32.9 Å². The second-order valence-corrected chi connectivity index (χ2v) is 14.0. The van der Waals surface area contributed by atoms with Gasteiger partial charge in [0.15, 0.2) is 34.9 Å². The van der Waals surface area contributed by atoms with Gasteiger partial charge in [0.05, 0.1) is 30.4 Å². The molecule has 0 bridgehead atoms. The molecule has 286 valence electrons. The average Bonchev–Trinajstić information content (AvgIpc) is 3.74. The molecule has 0 N–H and O–H groups in total. The molecule has 0 unspecified atom stereocenters. The molecule has 11 rings (SSSR count). The fraction of sp³-hybridized carbons (Fsp3) is 0. The summed E-state index contributed by atoms with van der Waals surface area (Å²) in [6.45, 7) is 0. The van der Waals surface area contributed by atoms with Crippen molar-refractivity contribution < 1.29 is 13.7 Å². The van der Waals surface area contributed by atoms with E-state index in [2.05, 4.69) is 22.8 Å². The number of benzene rings is 8. The molecule has 0 atom stereocenters. The van der Waals surface area contributed by atoms with Gasteiger partial charge in [0.2, 0.25) is 0 Å². The highest BCUT2D eigenvalue weighted by molar-refractivity contribution is 6.10. The van der Waals surface area contributed by atoms with Crippen LogP contribution in [-0.2, 0) is 0 Å². The summed E-state index contributed by atoms with van der Waals surface area (Å²) in [4.78, 5) is 29.3. The number of rotatable bonds is 8. The molecule has 0 saturated carbocycles. The Bertz CT molecular complexity index is 3890. The average molecular weight is 792 g/mol. The monoisotopic (exact) mass is 791 g/mol. The lowest BCUT2D eigenvalue weighted by Crippen LogP contribution is -2.05. The van der Waals surface area contributed by atoms with E-state index >= 15 is 0 Å². The lowest BCUT2D eigenvalue weighted by molar-refractivity contribution is 1.06. The summed E-state index contributed by atoms with van der Waals surface area (Å²) >= 11 is 0. The van der Waals surface area contributed by atoms with Crippen LogP contribution in [0.15, 0.2) is 212 Å². The van der Waals surface area contributed by atoms with Crippen molar-refractivity contribution in [3.8, 4) is 85.1 Å². The summed E-state index contributed by atoms with van der Waals surface area (Å²) < 4.78 is 88.5. The zero-order chi connectivity index (χ0) is 49.2. The number of nitrogens with zero attached hydrogens (tertiary/aromatic N) is 7. The van der Waals surface area contributed by atoms with Crippen molar-refractivity contribution in [2.75, 3.05) is 0 Å². The third-order valence-electron chi connectivity index (χ3n) is 10.3. The largest absolute Gasteiger partial charge is 0.308 e. The van der Waals surface area contributed by atoms with Crippen LogP contribution in [0.2, 0.25) is 0 Å². The van der Waals surface area contributed by atoms with Crippen LogP contribution in [0.25, 0.3) is 107 Å². The van der Waals surface area contributed by atoms with Crippen LogP contribution in [0.4, 0.5) is 0 Å². The van der Waals surface area contributed by atoms with Gasteiger partial charge >= 0.3 is 0 Å². The van der Waals surface area contributed by atoms with E-state index in [1.165, 1.54) is 0 Å². The Morgan fingerprint density at radius 3 is 1.33 bits per heavy atom. The molecule has 0 aliphatic rings. The van der Waals surface area contributed by atoms with Crippen LogP contribution in [0.3, 0.4) is 0 Å². The molecular weight excluding hydrogens is 747 g/mol. The zero-order valence-corrected chi connectivity index (χ0v) is 32.1. The van der Waals surface area contributed by atoms with Gasteiger partial charge in [-0.15, -0.1) is 0 Å². The van der Waals surface area contributed by atoms with E-state index in [1.807, 2.05) is 103 Å². The molecule has 7 nitrogen and oxygen atoms in total. The minimum atomic E-state index is -0.562. The fourth-order valence-electron chi connectivity index (χ4n) is 7.47. The van der Waals surface area contributed by atoms with Crippen LogP contribution in [-0.4, -0.2) is 34.5 Å². The SMILES string of the molecule is [2H]c1c([2H])c([2H])c(-c2nc(-c3ccccc3)nc(-c3ccc(-n4c5ccccc5c5ccc(-c6ccccc6)cc54)c(-c4nc(-c5ccccc5)nc(-c5c([2H])c([2H])c([2H])c([2H])c5[2H])n4)c3)n2)c([2H])c1[2H]. The van der Waals surface area contributed by atoms with Crippen molar-refractivity contribution in [1.29, 1.82) is 0 Å². The Morgan fingerprint density at radius 2 is 0.754 bits per heavy atom. The molecule has 3 aromatic heterocycles.